The zero-order valence-corrected chi connectivity index (χ0v) is 20.7. The molecule has 0 saturated carbocycles. The summed E-state index contributed by atoms with van der Waals surface area (Å²) >= 11 is 1.31. The summed E-state index contributed by atoms with van der Waals surface area (Å²) in [6, 6.07) is -0.935. The smallest absolute Gasteiger partial charge is 0.407 e. The quantitative estimate of drug-likeness (QED) is 0.465. The normalized spacial score (nSPS) is 15.8. The van der Waals surface area contributed by atoms with Crippen LogP contribution in [0.4, 0.5) is 4.79 Å². The van der Waals surface area contributed by atoms with Crippen LogP contribution in [0.3, 0.4) is 0 Å². The van der Waals surface area contributed by atoms with Gasteiger partial charge in [-0.05, 0) is 30.1 Å². The summed E-state index contributed by atoms with van der Waals surface area (Å²) in [6.07, 6.45) is 1.39. The van der Waals surface area contributed by atoms with E-state index in [4.69, 9.17) is 14.3 Å². The van der Waals surface area contributed by atoms with Crippen molar-refractivity contribution in [1.82, 2.24) is 15.2 Å². The summed E-state index contributed by atoms with van der Waals surface area (Å²) in [4.78, 5) is 41.6. The maximum Gasteiger partial charge on any atom is 0.407 e. The van der Waals surface area contributed by atoms with Crippen LogP contribution in [0, 0.1) is 0 Å². The number of amides is 2. The largest absolute Gasteiger partial charge is 0.467 e. The standard InChI is InChI=1S/C20H31N3O6SSi/c1-20(2,3)31(5,6)29-11-14(18(25)28-4)21-16(24)15-12-30-17(22-15)13-7-9-23(10-8-13)19(26)27/h7,12,14H,8-11H2,1-6H3,(H,21,24)(H,26,27)/t14-/m0/s1. The van der Waals surface area contributed by atoms with E-state index in [9.17, 15) is 14.4 Å². The summed E-state index contributed by atoms with van der Waals surface area (Å²) in [5.41, 5.74) is 1.11. The number of nitrogens with one attached hydrogen (secondary N) is 1. The molecule has 2 heterocycles. The molecule has 1 atom stereocenters. The first kappa shape index (κ1) is 25.0. The molecular weight excluding hydrogens is 438 g/mol. The van der Waals surface area contributed by atoms with Crippen molar-refractivity contribution in [1.29, 1.82) is 0 Å². The Hall–Kier alpha value is -2.24. The minimum absolute atomic E-state index is 0.0298. The second-order valence-electron chi connectivity index (χ2n) is 8.87. The molecule has 0 radical (unpaired) electrons. The van der Waals surface area contributed by atoms with Gasteiger partial charge >= 0.3 is 12.1 Å². The molecule has 0 fully saturated rings. The molecule has 1 aromatic rings. The summed E-state index contributed by atoms with van der Waals surface area (Å²) < 4.78 is 10.9. The van der Waals surface area contributed by atoms with E-state index in [1.165, 1.54) is 23.3 Å². The first-order valence-electron chi connectivity index (χ1n) is 10.0. The van der Waals surface area contributed by atoms with E-state index in [0.29, 0.717) is 24.5 Å². The highest BCUT2D eigenvalue weighted by molar-refractivity contribution is 7.11. The fourth-order valence-corrected chi connectivity index (χ4v) is 4.50. The molecule has 31 heavy (non-hydrogen) atoms. The van der Waals surface area contributed by atoms with Gasteiger partial charge in [-0.15, -0.1) is 11.3 Å². The molecule has 1 aliphatic heterocycles. The molecule has 0 unspecified atom stereocenters. The molecular formula is C20H31N3O6SSi. The van der Waals surface area contributed by atoms with Crippen molar-refractivity contribution in [3.8, 4) is 0 Å². The number of carbonyl (C=O) groups is 3. The SMILES string of the molecule is COC(=O)[C@H](CO[Si](C)(C)C(C)(C)C)NC(=O)c1csc(C2=CCN(C(=O)O)CC2)n1. The Balaban J connectivity index is 2.06. The van der Waals surface area contributed by atoms with Gasteiger partial charge in [-0.25, -0.2) is 14.6 Å². The van der Waals surface area contributed by atoms with E-state index in [1.54, 1.807) is 5.38 Å². The van der Waals surface area contributed by atoms with E-state index in [-0.39, 0.29) is 17.3 Å². The number of carboxylic acid groups (broad SMARTS) is 1. The van der Waals surface area contributed by atoms with Gasteiger partial charge in [0.15, 0.2) is 8.32 Å². The Bertz CT molecular complexity index is 861. The first-order valence-corrected chi connectivity index (χ1v) is 13.8. The molecule has 11 heteroatoms. The second-order valence-corrected chi connectivity index (χ2v) is 14.5. The molecule has 1 aromatic heterocycles. The molecule has 0 aromatic carbocycles. The van der Waals surface area contributed by atoms with E-state index in [0.717, 1.165) is 5.57 Å². The number of nitrogens with zero attached hydrogens (tertiary/aromatic N) is 2. The lowest BCUT2D eigenvalue weighted by Gasteiger charge is -2.37. The van der Waals surface area contributed by atoms with Crippen molar-refractivity contribution in [3.05, 3.63) is 22.2 Å². The van der Waals surface area contributed by atoms with Gasteiger partial charge in [0.2, 0.25) is 0 Å². The number of hydrogen-bond acceptors (Lipinski definition) is 7. The molecule has 0 bridgehead atoms. The van der Waals surface area contributed by atoms with Crippen molar-refractivity contribution >= 4 is 43.2 Å². The third-order valence-corrected chi connectivity index (χ3v) is 11.1. The Morgan fingerprint density at radius 2 is 2.03 bits per heavy atom. The molecule has 2 amide bonds. The average molecular weight is 470 g/mol. The number of rotatable bonds is 7. The van der Waals surface area contributed by atoms with E-state index < -0.39 is 32.3 Å². The van der Waals surface area contributed by atoms with Crippen LogP contribution >= 0.6 is 11.3 Å². The van der Waals surface area contributed by atoms with Crippen molar-refractivity contribution in [2.24, 2.45) is 0 Å². The minimum atomic E-state index is -2.11. The Morgan fingerprint density at radius 1 is 1.35 bits per heavy atom. The lowest BCUT2D eigenvalue weighted by Crippen LogP contribution is -2.49. The van der Waals surface area contributed by atoms with Gasteiger partial charge in [0.25, 0.3) is 5.91 Å². The van der Waals surface area contributed by atoms with Crippen LogP contribution in [0.15, 0.2) is 11.5 Å². The van der Waals surface area contributed by atoms with Crippen LogP contribution < -0.4 is 5.32 Å². The number of thiazole rings is 1. The first-order chi connectivity index (χ1) is 14.4. The molecule has 0 spiro atoms. The van der Waals surface area contributed by atoms with Crippen molar-refractivity contribution in [2.45, 2.75) is 51.4 Å². The molecule has 1 aliphatic rings. The van der Waals surface area contributed by atoms with Crippen molar-refractivity contribution in [2.75, 3.05) is 26.8 Å². The Labute approximate surface area is 187 Å². The number of aromatic nitrogens is 1. The molecule has 9 nitrogen and oxygen atoms in total. The van der Waals surface area contributed by atoms with Gasteiger partial charge in [0, 0.05) is 18.5 Å². The van der Waals surface area contributed by atoms with E-state index in [1.807, 2.05) is 6.08 Å². The fraction of sp³-hybridized carbons (Fsp3) is 0.600. The van der Waals surface area contributed by atoms with E-state index >= 15 is 0 Å². The van der Waals surface area contributed by atoms with Gasteiger partial charge in [-0.3, -0.25) is 4.79 Å². The van der Waals surface area contributed by atoms with Gasteiger partial charge in [0.05, 0.1) is 13.7 Å². The number of hydrogen-bond donors (Lipinski definition) is 2. The summed E-state index contributed by atoms with van der Waals surface area (Å²) in [5.74, 6) is -1.06. The highest BCUT2D eigenvalue weighted by Gasteiger charge is 2.38. The Kier molecular flexibility index (Phi) is 8.01. The van der Waals surface area contributed by atoms with Crippen LogP contribution in [0.5, 0.6) is 0 Å². The van der Waals surface area contributed by atoms with Gasteiger partial charge in [-0.1, -0.05) is 26.8 Å². The molecule has 0 saturated heterocycles. The zero-order valence-electron chi connectivity index (χ0n) is 18.9. The highest BCUT2D eigenvalue weighted by atomic mass is 32.1. The Morgan fingerprint density at radius 3 is 2.55 bits per heavy atom. The van der Waals surface area contributed by atoms with Crippen LogP contribution in [0.25, 0.3) is 5.57 Å². The lowest BCUT2D eigenvalue weighted by atomic mass is 10.1. The monoisotopic (exact) mass is 469 g/mol. The van der Waals surface area contributed by atoms with Gasteiger partial charge < -0.3 is 24.5 Å². The topological polar surface area (TPSA) is 118 Å². The number of methoxy groups -OCH3 is 1. The number of esters is 1. The second kappa shape index (κ2) is 9.92. The fourth-order valence-electron chi connectivity index (χ4n) is 2.61. The predicted molar refractivity (Wildman–Crippen MR) is 121 cm³/mol. The zero-order chi connectivity index (χ0) is 23.4. The van der Waals surface area contributed by atoms with Crippen molar-refractivity contribution < 1.29 is 28.7 Å². The summed E-state index contributed by atoms with van der Waals surface area (Å²) in [6.45, 7) is 11.1. The molecule has 172 valence electrons. The van der Waals surface area contributed by atoms with Gasteiger partial charge in [-0.2, -0.15) is 0 Å². The third kappa shape index (κ3) is 6.37. The summed E-state index contributed by atoms with van der Waals surface area (Å²) in [5, 5.41) is 14.0. The molecule has 2 rings (SSSR count). The lowest BCUT2D eigenvalue weighted by molar-refractivity contribution is -0.143. The van der Waals surface area contributed by atoms with E-state index in [2.05, 4.69) is 44.2 Å². The minimum Gasteiger partial charge on any atom is -0.467 e. The van der Waals surface area contributed by atoms with Gasteiger partial charge in [0.1, 0.15) is 16.7 Å². The summed E-state index contributed by atoms with van der Waals surface area (Å²) in [7, 11) is -0.846. The molecule has 2 N–H and O–H groups in total. The maximum atomic E-state index is 12.7. The highest BCUT2D eigenvalue weighted by Crippen LogP contribution is 2.36. The van der Waals surface area contributed by atoms with Crippen LogP contribution in [0.1, 0.15) is 42.7 Å². The van der Waals surface area contributed by atoms with Crippen molar-refractivity contribution in [3.63, 3.8) is 0 Å². The van der Waals surface area contributed by atoms with Crippen LogP contribution in [-0.2, 0) is 14.0 Å². The maximum absolute atomic E-state index is 12.7. The number of ether oxygens (including phenoxy) is 1. The third-order valence-electron chi connectivity index (χ3n) is 5.70. The van der Waals surface area contributed by atoms with Crippen LogP contribution in [0.2, 0.25) is 18.1 Å². The average Bonchev–Trinajstić information content (AvgIpc) is 3.20. The number of carbonyl (C=O) groups excluding carboxylic acids is 2. The molecule has 0 aliphatic carbocycles. The predicted octanol–water partition coefficient (Wildman–Crippen LogP) is 3.20. The van der Waals surface area contributed by atoms with Crippen LogP contribution in [-0.4, -0.2) is 74.1 Å².